The molecule has 4 nitrogen and oxygen atoms in total. The molecule has 1 aromatic carbocycles. The van der Waals surface area contributed by atoms with Crippen molar-refractivity contribution in [1.29, 1.82) is 0 Å². The molecular formula is C15H27N3O. The van der Waals surface area contributed by atoms with Crippen molar-refractivity contribution in [2.75, 3.05) is 52.7 Å². The van der Waals surface area contributed by atoms with Crippen molar-refractivity contribution in [1.82, 2.24) is 10.2 Å². The lowest BCUT2D eigenvalue weighted by Crippen LogP contribution is -2.25. The molecule has 0 saturated heterocycles. The number of aliphatic hydroxyl groups excluding tert-OH is 1. The summed E-state index contributed by atoms with van der Waals surface area (Å²) in [6.07, 6.45) is 0.662. The number of rotatable bonds is 8. The molecule has 4 heteroatoms. The van der Waals surface area contributed by atoms with Crippen LogP contribution in [-0.2, 0) is 0 Å². The van der Waals surface area contributed by atoms with Gasteiger partial charge in [0.1, 0.15) is 0 Å². The van der Waals surface area contributed by atoms with Crippen LogP contribution in [0.3, 0.4) is 0 Å². The molecule has 0 saturated carbocycles. The molecule has 0 aliphatic rings. The average Bonchev–Trinajstić information content (AvgIpc) is 2.37. The first-order chi connectivity index (χ1) is 9.00. The van der Waals surface area contributed by atoms with Crippen molar-refractivity contribution in [3.05, 3.63) is 29.8 Å². The maximum absolute atomic E-state index is 10.1. The van der Waals surface area contributed by atoms with Crippen LogP contribution in [0, 0.1) is 0 Å². The van der Waals surface area contributed by atoms with Gasteiger partial charge in [-0.15, -0.1) is 0 Å². The highest BCUT2D eigenvalue weighted by Gasteiger charge is 2.07. The topological polar surface area (TPSA) is 38.7 Å². The summed E-state index contributed by atoms with van der Waals surface area (Å²) in [5, 5.41) is 13.4. The third-order valence-corrected chi connectivity index (χ3v) is 3.09. The Hall–Kier alpha value is -1.10. The number of hydrogen-bond donors (Lipinski definition) is 2. The number of hydrogen-bond acceptors (Lipinski definition) is 4. The minimum Gasteiger partial charge on any atom is -0.387 e. The number of aliphatic hydroxyl groups is 1. The van der Waals surface area contributed by atoms with Crippen LogP contribution in [0.5, 0.6) is 0 Å². The fraction of sp³-hybridized carbons (Fsp3) is 0.600. The highest BCUT2D eigenvalue weighted by Crippen LogP contribution is 2.17. The summed E-state index contributed by atoms with van der Waals surface area (Å²) in [5.41, 5.74) is 2.11. The lowest BCUT2D eigenvalue weighted by atomic mass is 10.1. The first kappa shape index (κ1) is 16.0. The van der Waals surface area contributed by atoms with E-state index in [0.717, 1.165) is 30.8 Å². The summed E-state index contributed by atoms with van der Waals surface area (Å²) in [4.78, 5) is 4.22. The molecule has 108 valence electrons. The van der Waals surface area contributed by atoms with E-state index in [4.69, 9.17) is 0 Å². The van der Waals surface area contributed by atoms with Crippen molar-refractivity contribution in [3.63, 3.8) is 0 Å². The van der Waals surface area contributed by atoms with Gasteiger partial charge >= 0.3 is 0 Å². The summed E-state index contributed by atoms with van der Waals surface area (Å²) < 4.78 is 0. The predicted octanol–water partition coefficient (Wildman–Crippen LogP) is 1.33. The summed E-state index contributed by atoms with van der Waals surface area (Å²) in [6.45, 7) is 2.61. The van der Waals surface area contributed by atoms with Gasteiger partial charge in [-0.25, -0.2) is 0 Å². The minimum atomic E-state index is -0.435. The second kappa shape index (κ2) is 8.15. The standard InChI is InChI=1S/C15H27N3O/c1-17(2)11-5-10-16-12-15(19)13-6-8-14(9-7-13)18(3)4/h6-9,15-16,19H,5,10-12H2,1-4H3. The highest BCUT2D eigenvalue weighted by molar-refractivity contribution is 5.46. The Bertz CT molecular complexity index is 349. The Kier molecular flexibility index (Phi) is 6.84. The Balaban J connectivity index is 2.31. The van der Waals surface area contributed by atoms with E-state index in [9.17, 15) is 5.11 Å². The largest absolute Gasteiger partial charge is 0.387 e. The second-order valence-corrected chi connectivity index (χ2v) is 5.36. The minimum absolute atomic E-state index is 0.435. The van der Waals surface area contributed by atoms with Crippen molar-refractivity contribution in [2.45, 2.75) is 12.5 Å². The molecular weight excluding hydrogens is 238 g/mol. The van der Waals surface area contributed by atoms with E-state index < -0.39 is 6.10 Å². The average molecular weight is 265 g/mol. The van der Waals surface area contributed by atoms with Crippen LogP contribution < -0.4 is 10.2 Å². The molecule has 0 fully saturated rings. The van der Waals surface area contributed by atoms with Crippen molar-refractivity contribution in [3.8, 4) is 0 Å². The van der Waals surface area contributed by atoms with Crippen molar-refractivity contribution in [2.24, 2.45) is 0 Å². The monoisotopic (exact) mass is 265 g/mol. The molecule has 0 spiro atoms. The summed E-state index contributed by atoms with van der Waals surface area (Å²) in [5.74, 6) is 0. The molecule has 0 radical (unpaired) electrons. The predicted molar refractivity (Wildman–Crippen MR) is 81.8 cm³/mol. The van der Waals surface area contributed by atoms with Crippen LogP contribution in [0.1, 0.15) is 18.1 Å². The van der Waals surface area contributed by atoms with Crippen LogP contribution in [0.4, 0.5) is 5.69 Å². The first-order valence-corrected chi connectivity index (χ1v) is 6.81. The number of anilines is 1. The van der Waals surface area contributed by atoms with E-state index in [1.54, 1.807) is 0 Å². The molecule has 0 aliphatic carbocycles. The fourth-order valence-electron chi connectivity index (χ4n) is 1.87. The molecule has 19 heavy (non-hydrogen) atoms. The Morgan fingerprint density at radius 2 is 1.74 bits per heavy atom. The lowest BCUT2D eigenvalue weighted by molar-refractivity contribution is 0.174. The van der Waals surface area contributed by atoms with Crippen LogP contribution in [0.2, 0.25) is 0 Å². The summed E-state index contributed by atoms with van der Waals surface area (Å²) in [7, 11) is 8.16. The molecule has 0 amide bonds. The van der Waals surface area contributed by atoms with E-state index in [-0.39, 0.29) is 0 Å². The van der Waals surface area contributed by atoms with Gasteiger partial charge in [0.2, 0.25) is 0 Å². The quantitative estimate of drug-likeness (QED) is 0.696. The highest BCUT2D eigenvalue weighted by atomic mass is 16.3. The molecule has 0 aliphatic heterocycles. The number of nitrogens with zero attached hydrogens (tertiary/aromatic N) is 2. The Morgan fingerprint density at radius 1 is 1.11 bits per heavy atom. The third-order valence-electron chi connectivity index (χ3n) is 3.09. The van der Waals surface area contributed by atoms with E-state index in [1.807, 2.05) is 38.4 Å². The van der Waals surface area contributed by atoms with Gasteiger partial charge in [0.25, 0.3) is 0 Å². The van der Waals surface area contributed by atoms with Gasteiger partial charge in [-0.2, -0.15) is 0 Å². The van der Waals surface area contributed by atoms with Gasteiger partial charge in [-0.05, 0) is 51.3 Å². The zero-order valence-corrected chi connectivity index (χ0v) is 12.6. The molecule has 1 aromatic rings. The first-order valence-electron chi connectivity index (χ1n) is 6.81. The summed E-state index contributed by atoms with van der Waals surface area (Å²) in [6, 6.07) is 8.04. The van der Waals surface area contributed by atoms with Gasteiger partial charge < -0.3 is 20.2 Å². The molecule has 2 N–H and O–H groups in total. The fourth-order valence-corrected chi connectivity index (χ4v) is 1.87. The molecule has 1 unspecified atom stereocenters. The van der Waals surface area contributed by atoms with E-state index in [1.165, 1.54) is 0 Å². The smallest absolute Gasteiger partial charge is 0.0914 e. The van der Waals surface area contributed by atoms with Gasteiger partial charge in [0.15, 0.2) is 0 Å². The van der Waals surface area contributed by atoms with E-state index in [2.05, 4.69) is 29.2 Å². The molecule has 0 heterocycles. The SMILES string of the molecule is CN(C)CCCNCC(O)c1ccc(N(C)C)cc1. The maximum Gasteiger partial charge on any atom is 0.0914 e. The Labute approximate surface area is 117 Å². The maximum atomic E-state index is 10.1. The van der Waals surface area contributed by atoms with Crippen LogP contribution in [-0.4, -0.2) is 57.8 Å². The van der Waals surface area contributed by atoms with Gasteiger partial charge in [0, 0.05) is 26.3 Å². The summed E-state index contributed by atoms with van der Waals surface area (Å²) >= 11 is 0. The van der Waals surface area contributed by atoms with Gasteiger partial charge in [-0.3, -0.25) is 0 Å². The molecule has 1 atom stereocenters. The van der Waals surface area contributed by atoms with Crippen LogP contribution in [0.25, 0.3) is 0 Å². The van der Waals surface area contributed by atoms with Crippen LogP contribution in [0.15, 0.2) is 24.3 Å². The Morgan fingerprint density at radius 3 is 2.26 bits per heavy atom. The zero-order chi connectivity index (χ0) is 14.3. The van der Waals surface area contributed by atoms with Gasteiger partial charge in [-0.1, -0.05) is 12.1 Å². The second-order valence-electron chi connectivity index (χ2n) is 5.36. The molecule has 1 rings (SSSR count). The van der Waals surface area contributed by atoms with Crippen LogP contribution >= 0.6 is 0 Å². The molecule has 0 bridgehead atoms. The van der Waals surface area contributed by atoms with Gasteiger partial charge in [0.05, 0.1) is 6.10 Å². The van der Waals surface area contributed by atoms with Crippen molar-refractivity contribution < 1.29 is 5.11 Å². The number of nitrogens with one attached hydrogen (secondary N) is 1. The molecule has 0 aromatic heterocycles. The number of benzene rings is 1. The van der Waals surface area contributed by atoms with Crippen molar-refractivity contribution >= 4 is 5.69 Å². The normalized spacial score (nSPS) is 12.7. The third kappa shape index (κ3) is 6.05. The zero-order valence-electron chi connectivity index (χ0n) is 12.6. The van der Waals surface area contributed by atoms with E-state index >= 15 is 0 Å². The lowest BCUT2D eigenvalue weighted by Gasteiger charge is -2.16. The van der Waals surface area contributed by atoms with E-state index in [0.29, 0.717) is 6.54 Å².